The van der Waals surface area contributed by atoms with Crippen LogP contribution in [0, 0.1) is 0 Å². The molecule has 6 heteroatoms. The van der Waals surface area contributed by atoms with Crippen molar-refractivity contribution >= 4 is 11.6 Å². The number of nitrogens with zero attached hydrogens (tertiary/aromatic N) is 4. The molecule has 1 fully saturated rings. The smallest absolute Gasteiger partial charge is 0.241 e. The van der Waals surface area contributed by atoms with E-state index in [4.69, 9.17) is 0 Å². The molecule has 1 aromatic carbocycles. The summed E-state index contributed by atoms with van der Waals surface area (Å²) in [5.41, 5.74) is 1.01. The first-order chi connectivity index (χ1) is 11.5. The second-order valence-corrected chi connectivity index (χ2v) is 6.72. The molecule has 1 unspecified atom stereocenters. The molecule has 0 bridgehead atoms. The third-order valence-electron chi connectivity index (χ3n) is 4.54. The monoisotopic (exact) mass is 334 g/mol. The topological polar surface area (TPSA) is 50.3 Å². The van der Waals surface area contributed by atoms with Gasteiger partial charge >= 0.3 is 0 Å². The normalized spacial score (nSPS) is 17.5. The summed E-state index contributed by atoms with van der Waals surface area (Å²) in [4.78, 5) is 20.5. The van der Waals surface area contributed by atoms with E-state index in [1.165, 1.54) is 0 Å². The highest BCUT2D eigenvalue weighted by atomic mass is 16.3. The molecule has 1 N–H and O–H groups in total. The van der Waals surface area contributed by atoms with Crippen LogP contribution in [-0.4, -0.2) is 98.8 Å². The first-order valence-corrected chi connectivity index (χ1v) is 8.55. The van der Waals surface area contributed by atoms with Crippen molar-refractivity contribution in [1.82, 2.24) is 14.7 Å². The summed E-state index contributed by atoms with van der Waals surface area (Å²) in [7, 11) is 5.78. The Balaban J connectivity index is 1.74. The van der Waals surface area contributed by atoms with Crippen LogP contribution in [0.4, 0.5) is 5.69 Å². The number of carbonyl (C=O) groups is 1. The summed E-state index contributed by atoms with van der Waals surface area (Å²) >= 11 is 0. The predicted molar refractivity (Wildman–Crippen MR) is 97.3 cm³/mol. The second-order valence-electron chi connectivity index (χ2n) is 6.72. The Hall–Kier alpha value is -1.63. The van der Waals surface area contributed by atoms with Crippen molar-refractivity contribution in [1.29, 1.82) is 0 Å². The molecule has 1 amide bonds. The maximum absolute atomic E-state index is 12.4. The van der Waals surface area contributed by atoms with Gasteiger partial charge in [0.1, 0.15) is 0 Å². The number of benzene rings is 1. The van der Waals surface area contributed by atoms with Crippen molar-refractivity contribution in [3.63, 3.8) is 0 Å². The lowest BCUT2D eigenvalue weighted by Crippen LogP contribution is -2.49. The number of para-hydroxylation sites is 1. The van der Waals surface area contributed by atoms with E-state index in [0.717, 1.165) is 31.9 Å². The van der Waals surface area contributed by atoms with E-state index in [1.54, 1.807) is 11.9 Å². The van der Waals surface area contributed by atoms with Crippen LogP contribution in [0.1, 0.15) is 0 Å². The lowest BCUT2D eigenvalue weighted by atomic mass is 10.2. The Bertz CT molecular complexity index is 503. The minimum Gasteiger partial charge on any atom is -0.390 e. The molecular formula is C18H30N4O2. The molecule has 1 saturated heterocycles. The largest absolute Gasteiger partial charge is 0.390 e. The Morgan fingerprint density at radius 3 is 2.42 bits per heavy atom. The fourth-order valence-electron chi connectivity index (χ4n) is 2.90. The molecule has 0 aromatic heterocycles. The van der Waals surface area contributed by atoms with Crippen LogP contribution >= 0.6 is 0 Å². The van der Waals surface area contributed by atoms with Gasteiger partial charge in [0.15, 0.2) is 0 Å². The fourth-order valence-corrected chi connectivity index (χ4v) is 2.90. The summed E-state index contributed by atoms with van der Waals surface area (Å²) in [6, 6.07) is 9.84. The maximum atomic E-state index is 12.4. The zero-order valence-corrected chi connectivity index (χ0v) is 15.1. The molecule has 1 aromatic rings. The molecule has 1 aliphatic heterocycles. The molecule has 0 saturated carbocycles. The lowest BCUT2D eigenvalue weighted by molar-refractivity contribution is -0.129. The van der Waals surface area contributed by atoms with Crippen LogP contribution in [0.15, 0.2) is 30.3 Å². The molecule has 0 radical (unpaired) electrons. The number of piperazine rings is 1. The van der Waals surface area contributed by atoms with Crippen molar-refractivity contribution in [3.05, 3.63) is 30.3 Å². The predicted octanol–water partition coefficient (Wildman–Crippen LogP) is 0.190. The summed E-state index contributed by atoms with van der Waals surface area (Å²) in [5, 5.41) is 10.3. The second kappa shape index (κ2) is 9.01. The minimum absolute atomic E-state index is 0.0128. The van der Waals surface area contributed by atoms with Gasteiger partial charge in [-0.3, -0.25) is 9.69 Å². The van der Waals surface area contributed by atoms with Crippen molar-refractivity contribution in [2.75, 3.05) is 71.9 Å². The van der Waals surface area contributed by atoms with Crippen LogP contribution in [0.5, 0.6) is 0 Å². The Morgan fingerprint density at radius 2 is 1.79 bits per heavy atom. The van der Waals surface area contributed by atoms with Crippen LogP contribution in [0.25, 0.3) is 0 Å². The van der Waals surface area contributed by atoms with Crippen LogP contribution in [-0.2, 0) is 4.79 Å². The van der Waals surface area contributed by atoms with Gasteiger partial charge in [-0.15, -0.1) is 0 Å². The first-order valence-electron chi connectivity index (χ1n) is 8.55. The number of amides is 1. The number of hydrogen-bond acceptors (Lipinski definition) is 5. The third-order valence-corrected chi connectivity index (χ3v) is 4.54. The summed E-state index contributed by atoms with van der Waals surface area (Å²) < 4.78 is 0. The van der Waals surface area contributed by atoms with Crippen molar-refractivity contribution in [2.24, 2.45) is 0 Å². The number of hydrogen-bond donors (Lipinski definition) is 1. The average molecular weight is 334 g/mol. The number of anilines is 1. The van der Waals surface area contributed by atoms with E-state index in [2.05, 4.69) is 16.8 Å². The van der Waals surface area contributed by atoms with Gasteiger partial charge in [0.2, 0.25) is 5.91 Å². The molecule has 0 spiro atoms. The molecule has 134 valence electrons. The number of aliphatic hydroxyl groups excluding tert-OH is 1. The Kier molecular flexibility index (Phi) is 7.02. The van der Waals surface area contributed by atoms with E-state index in [0.29, 0.717) is 19.6 Å². The quantitative estimate of drug-likeness (QED) is 0.771. The highest BCUT2D eigenvalue weighted by Crippen LogP contribution is 2.11. The van der Waals surface area contributed by atoms with Gasteiger partial charge in [-0.1, -0.05) is 18.2 Å². The molecule has 0 aliphatic carbocycles. The Morgan fingerprint density at radius 1 is 1.17 bits per heavy atom. The number of likely N-dealkylation sites (N-methyl/N-ethyl adjacent to an activating group) is 3. The number of carbonyl (C=O) groups excluding carboxylic acids is 1. The first kappa shape index (κ1) is 18.7. The summed E-state index contributed by atoms with van der Waals surface area (Å²) in [6.07, 6.45) is -0.510. The number of β-amino-alcohol motifs (C(OH)–C–C–N with tert-alkyl or cyclic N) is 1. The molecule has 2 rings (SSSR count). The maximum Gasteiger partial charge on any atom is 0.241 e. The lowest BCUT2D eigenvalue weighted by Gasteiger charge is -2.34. The highest BCUT2D eigenvalue weighted by Gasteiger charge is 2.20. The zero-order valence-electron chi connectivity index (χ0n) is 15.1. The molecule has 24 heavy (non-hydrogen) atoms. The van der Waals surface area contributed by atoms with Gasteiger partial charge < -0.3 is 19.8 Å². The third kappa shape index (κ3) is 5.78. The number of aliphatic hydroxyl groups is 1. The van der Waals surface area contributed by atoms with Gasteiger partial charge in [-0.2, -0.15) is 0 Å². The van der Waals surface area contributed by atoms with Crippen molar-refractivity contribution in [2.45, 2.75) is 6.10 Å². The molecule has 1 heterocycles. The SMILES string of the molecule is CN1CCN(CC(O)CN(C)C(=O)CN(C)c2ccccc2)CC1. The van der Waals surface area contributed by atoms with Crippen molar-refractivity contribution in [3.8, 4) is 0 Å². The van der Waals surface area contributed by atoms with E-state index >= 15 is 0 Å². The van der Waals surface area contributed by atoms with Gasteiger partial charge in [0, 0.05) is 59.1 Å². The van der Waals surface area contributed by atoms with Gasteiger partial charge in [-0.25, -0.2) is 0 Å². The van der Waals surface area contributed by atoms with E-state index in [9.17, 15) is 9.90 Å². The molecule has 1 aliphatic rings. The van der Waals surface area contributed by atoms with Crippen LogP contribution < -0.4 is 4.90 Å². The van der Waals surface area contributed by atoms with Crippen molar-refractivity contribution < 1.29 is 9.90 Å². The van der Waals surface area contributed by atoms with Gasteiger partial charge in [0.05, 0.1) is 12.6 Å². The van der Waals surface area contributed by atoms with E-state index < -0.39 is 6.10 Å². The molecular weight excluding hydrogens is 304 g/mol. The van der Waals surface area contributed by atoms with Gasteiger partial charge in [0.25, 0.3) is 0 Å². The molecule has 6 nitrogen and oxygen atoms in total. The van der Waals surface area contributed by atoms with Crippen LogP contribution in [0.3, 0.4) is 0 Å². The Labute approximate surface area is 145 Å². The van der Waals surface area contributed by atoms with E-state index in [-0.39, 0.29) is 5.91 Å². The number of rotatable bonds is 7. The van der Waals surface area contributed by atoms with Crippen LogP contribution in [0.2, 0.25) is 0 Å². The zero-order chi connectivity index (χ0) is 17.5. The van der Waals surface area contributed by atoms with Gasteiger partial charge in [-0.05, 0) is 19.2 Å². The standard InChI is InChI=1S/C18H30N4O2/c1-19-9-11-22(12-10-19)14-17(23)13-21(3)18(24)15-20(2)16-7-5-4-6-8-16/h4-8,17,23H,9-15H2,1-3H3. The molecule has 1 atom stereocenters. The minimum atomic E-state index is -0.510. The summed E-state index contributed by atoms with van der Waals surface area (Å²) in [5.74, 6) is 0.0128. The summed E-state index contributed by atoms with van der Waals surface area (Å²) in [6.45, 7) is 5.31. The van der Waals surface area contributed by atoms with E-state index in [1.807, 2.05) is 42.3 Å². The fraction of sp³-hybridized carbons (Fsp3) is 0.611. The average Bonchev–Trinajstić information content (AvgIpc) is 2.57. The highest BCUT2D eigenvalue weighted by molar-refractivity contribution is 5.81.